The van der Waals surface area contributed by atoms with Crippen molar-refractivity contribution < 1.29 is 9.47 Å². The van der Waals surface area contributed by atoms with E-state index in [9.17, 15) is 0 Å². The van der Waals surface area contributed by atoms with E-state index in [-0.39, 0.29) is 12.1 Å². The first-order valence-corrected chi connectivity index (χ1v) is 15.0. The van der Waals surface area contributed by atoms with Crippen LogP contribution in [0.1, 0.15) is 31.0 Å². The lowest BCUT2D eigenvalue weighted by molar-refractivity contribution is 0.111. The lowest BCUT2D eigenvalue weighted by Crippen LogP contribution is -2.52. The number of fused-ring (bicyclic) bond motifs is 2. The summed E-state index contributed by atoms with van der Waals surface area (Å²) in [6, 6.07) is 13.8. The van der Waals surface area contributed by atoms with Gasteiger partial charge >= 0.3 is 6.01 Å². The summed E-state index contributed by atoms with van der Waals surface area (Å²) in [4.78, 5) is 19.8. The third-order valence-electron chi connectivity index (χ3n) is 9.13. The van der Waals surface area contributed by atoms with Gasteiger partial charge in [0.15, 0.2) is 0 Å². The molecule has 0 amide bonds. The monoisotopic (exact) mass is 564 g/mol. The van der Waals surface area contributed by atoms with E-state index in [2.05, 4.69) is 64.9 Å². The molecule has 0 spiro atoms. The van der Waals surface area contributed by atoms with Crippen molar-refractivity contribution in [2.75, 3.05) is 70.3 Å². The highest BCUT2D eigenvalue weighted by Gasteiger charge is 2.32. The maximum absolute atomic E-state index is 6.71. The number of halogens is 1. The Hall–Kier alpha value is -2.65. The number of hydrogen-bond donors (Lipinski definition) is 0. The first-order chi connectivity index (χ1) is 19.4. The first-order valence-electron chi connectivity index (χ1n) is 14.6. The van der Waals surface area contributed by atoms with Gasteiger partial charge in [-0.3, -0.25) is 9.80 Å². The number of ether oxygens (including phenoxy) is 2. The minimum Gasteiger partial charge on any atom is -0.462 e. The van der Waals surface area contributed by atoms with Gasteiger partial charge in [0.1, 0.15) is 12.4 Å². The van der Waals surface area contributed by atoms with Crippen LogP contribution in [0, 0.1) is 0 Å². The van der Waals surface area contributed by atoms with Crippen LogP contribution >= 0.6 is 11.6 Å². The van der Waals surface area contributed by atoms with Crippen LogP contribution in [0.2, 0.25) is 5.02 Å². The van der Waals surface area contributed by atoms with Crippen LogP contribution in [-0.2, 0) is 17.7 Å². The molecule has 3 aromatic rings. The van der Waals surface area contributed by atoms with Crippen molar-refractivity contribution in [3.63, 3.8) is 0 Å². The molecule has 9 heteroatoms. The van der Waals surface area contributed by atoms with Crippen LogP contribution in [0.5, 0.6) is 6.01 Å². The standard InChI is InChI=1S/C31H41ClN6O2/c1-5-22-17-38(15-14-35(22)2)30-25-12-13-37(28-11-7-9-21-8-6-10-26(32)29(21)28)19-27(25)33-31(34-30)40-20-23-16-24(39-4)18-36(23)3/h6-11,22-24H,5,12-20H2,1-4H3/t22-,23-,24+/m0/s1. The number of benzene rings is 2. The molecule has 0 aliphatic carbocycles. The Morgan fingerprint density at radius 2 is 1.77 bits per heavy atom. The van der Waals surface area contributed by atoms with E-state index in [1.807, 2.05) is 12.1 Å². The third-order valence-corrected chi connectivity index (χ3v) is 9.45. The molecule has 3 aliphatic rings. The number of hydrogen-bond acceptors (Lipinski definition) is 8. The van der Waals surface area contributed by atoms with Gasteiger partial charge < -0.3 is 19.3 Å². The number of methoxy groups -OCH3 is 1. The Morgan fingerprint density at radius 3 is 2.55 bits per heavy atom. The lowest BCUT2D eigenvalue weighted by Gasteiger charge is -2.41. The molecule has 6 rings (SSSR count). The number of likely N-dealkylation sites (tertiary alicyclic amines) is 1. The second kappa shape index (κ2) is 11.7. The topological polar surface area (TPSA) is 57.2 Å². The number of anilines is 2. The molecule has 0 saturated carbocycles. The van der Waals surface area contributed by atoms with E-state index in [0.29, 0.717) is 25.2 Å². The van der Waals surface area contributed by atoms with Gasteiger partial charge in [-0.15, -0.1) is 0 Å². The van der Waals surface area contributed by atoms with Gasteiger partial charge in [0, 0.05) is 68.6 Å². The molecule has 0 radical (unpaired) electrons. The summed E-state index contributed by atoms with van der Waals surface area (Å²) < 4.78 is 12.0. The Bertz CT molecular complexity index is 1350. The van der Waals surface area contributed by atoms with Crippen molar-refractivity contribution in [3.05, 3.63) is 52.7 Å². The number of nitrogens with zero attached hydrogens (tertiary/aromatic N) is 6. The molecular formula is C31H41ClN6O2. The highest BCUT2D eigenvalue weighted by atomic mass is 35.5. The average Bonchev–Trinajstić information content (AvgIpc) is 3.35. The molecule has 214 valence electrons. The predicted molar refractivity (Wildman–Crippen MR) is 162 cm³/mol. The first kappa shape index (κ1) is 27.5. The van der Waals surface area contributed by atoms with Gasteiger partial charge in [-0.25, -0.2) is 0 Å². The molecule has 8 nitrogen and oxygen atoms in total. The van der Waals surface area contributed by atoms with Crippen LogP contribution in [0.3, 0.4) is 0 Å². The second-order valence-electron chi connectivity index (χ2n) is 11.5. The Balaban J connectivity index is 1.32. The summed E-state index contributed by atoms with van der Waals surface area (Å²) in [6.07, 6.45) is 3.21. The smallest absolute Gasteiger partial charge is 0.318 e. The molecule has 2 fully saturated rings. The van der Waals surface area contributed by atoms with Gasteiger partial charge in [-0.2, -0.15) is 9.97 Å². The van der Waals surface area contributed by atoms with Crippen molar-refractivity contribution in [1.29, 1.82) is 0 Å². The molecule has 2 saturated heterocycles. The van der Waals surface area contributed by atoms with E-state index in [1.54, 1.807) is 7.11 Å². The summed E-state index contributed by atoms with van der Waals surface area (Å²) in [5.74, 6) is 1.05. The van der Waals surface area contributed by atoms with Crippen LogP contribution in [0.4, 0.5) is 11.5 Å². The molecule has 3 atom stereocenters. The summed E-state index contributed by atoms with van der Waals surface area (Å²) in [6.45, 7) is 8.29. The van der Waals surface area contributed by atoms with Gasteiger partial charge in [-0.1, -0.05) is 42.8 Å². The largest absolute Gasteiger partial charge is 0.462 e. The molecule has 3 aliphatic heterocycles. The van der Waals surface area contributed by atoms with Crippen LogP contribution in [0.15, 0.2) is 36.4 Å². The van der Waals surface area contributed by atoms with Gasteiger partial charge in [0.25, 0.3) is 0 Å². The Kier molecular flexibility index (Phi) is 8.04. The molecular weight excluding hydrogens is 524 g/mol. The lowest BCUT2D eigenvalue weighted by atomic mass is 10.0. The van der Waals surface area contributed by atoms with E-state index >= 15 is 0 Å². The van der Waals surface area contributed by atoms with Gasteiger partial charge in [0.2, 0.25) is 0 Å². The van der Waals surface area contributed by atoms with Crippen molar-refractivity contribution in [3.8, 4) is 6.01 Å². The quantitative estimate of drug-likeness (QED) is 0.416. The molecule has 40 heavy (non-hydrogen) atoms. The average molecular weight is 565 g/mol. The fourth-order valence-corrected chi connectivity index (χ4v) is 6.88. The molecule has 1 aromatic heterocycles. The van der Waals surface area contributed by atoms with Crippen LogP contribution in [0.25, 0.3) is 10.8 Å². The minimum atomic E-state index is 0.246. The maximum atomic E-state index is 6.71. The minimum absolute atomic E-state index is 0.246. The van der Waals surface area contributed by atoms with Crippen molar-refractivity contribution in [1.82, 2.24) is 19.8 Å². The Labute approximate surface area is 242 Å². The second-order valence-corrected chi connectivity index (χ2v) is 11.9. The fraction of sp³-hybridized carbons (Fsp3) is 0.548. The maximum Gasteiger partial charge on any atom is 0.318 e. The Morgan fingerprint density at radius 1 is 0.950 bits per heavy atom. The summed E-state index contributed by atoms with van der Waals surface area (Å²) >= 11 is 6.71. The van der Waals surface area contributed by atoms with Crippen LogP contribution < -0.4 is 14.5 Å². The third kappa shape index (κ3) is 5.34. The summed E-state index contributed by atoms with van der Waals surface area (Å²) in [5, 5.41) is 3.04. The zero-order valence-electron chi connectivity index (χ0n) is 24.1. The van der Waals surface area contributed by atoms with Gasteiger partial charge in [-0.05, 0) is 50.9 Å². The number of rotatable bonds is 7. The highest BCUT2D eigenvalue weighted by molar-refractivity contribution is 6.36. The molecule has 4 heterocycles. The zero-order valence-corrected chi connectivity index (χ0v) is 24.9. The molecule has 0 N–H and O–H groups in total. The van der Waals surface area contributed by atoms with E-state index in [0.717, 1.165) is 85.0 Å². The van der Waals surface area contributed by atoms with Crippen molar-refractivity contribution in [2.24, 2.45) is 0 Å². The molecule has 2 aromatic carbocycles. The highest BCUT2D eigenvalue weighted by Crippen LogP contribution is 2.37. The molecule has 0 bridgehead atoms. The van der Waals surface area contributed by atoms with E-state index in [1.165, 1.54) is 5.56 Å². The van der Waals surface area contributed by atoms with E-state index < -0.39 is 0 Å². The number of aromatic nitrogens is 2. The van der Waals surface area contributed by atoms with E-state index in [4.69, 9.17) is 31.0 Å². The normalized spacial score (nSPS) is 24.1. The predicted octanol–water partition coefficient (Wildman–Crippen LogP) is 4.47. The summed E-state index contributed by atoms with van der Waals surface area (Å²) in [5.41, 5.74) is 3.46. The number of likely N-dealkylation sites (N-methyl/N-ethyl adjacent to an activating group) is 2. The zero-order chi connectivity index (χ0) is 27.8. The molecule has 0 unspecified atom stereocenters. The van der Waals surface area contributed by atoms with Crippen LogP contribution in [-0.4, -0.2) is 98.5 Å². The summed E-state index contributed by atoms with van der Waals surface area (Å²) in [7, 11) is 6.15. The fourth-order valence-electron chi connectivity index (χ4n) is 6.60. The number of piperazine rings is 1. The van der Waals surface area contributed by atoms with Gasteiger partial charge in [0.05, 0.1) is 23.4 Å². The van der Waals surface area contributed by atoms with Crippen molar-refractivity contribution in [2.45, 2.75) is 50.9 Å². The SMILES string of the molecule is CC[C@H]1CN(c2nc(OC[C@@H]3C[C@@H](OC)CN3C)nc3c2CCN(c2cccc4cccc(Cl)c24)C3)CCN1C. The van der Waals surface area contributed by atoms with Crippen molar-refractivity contribution >= 4 is 33.9 Å².